The molecule has 0 aliphatic heterocycles. The van der Waals surface area contributed by atoms with E-state index in [-0.39, 0.29) is 0 Å². The van der Waals surface area contributed by atoms with Gasteiger partial charge in [0.05, 0.1) is 0 Å². The maximum Gasteiger partial charge on any atom is 0.135 e. The summed E-state index contributed by atoms with van der Waals surface area (Å²) < 4.78 is 0. The molecule has 1 aromatic heterocycles. The summed E-state index contributed by atoms with van der Waals surface area (Å²) in [5, 5.41) is 0. The van der Waals surface area contributed by atoms with E-state index >= 15 is 0 Å². The number of hydrogen-bond acceptors (Lipinski definition) is 3. The topological polar surface area (TPSA) is 29.0 Å². The summed E-state index contributed by atoms with van der Waals surface area (Å²) in [5.41, 5.74) is 2.70. The number of alkyl halides is 1. The zero-order valence-electron chi connectivity index (χ0n) is 11.4. The maximum absolute atomic E-state index is 5.88. The summed E-state index contributed by atoms with van der Waals surface area (Å²) in [7, 11) is 0. The van der Waals surface area contributed by atoms with E-state index in [2.05, 4.69) is 14.9 Å². The molecule has 1 fully saturated rings. The Balaban J connectivity index is 1.88. The second-order valence-corrected chi connectivity index (χ2v) is 6.03. The van der Waals surface area contributed by atoms with Crippen LogP contribution in [-0.2, 0) is 12.8 Å². The van der Waals surface area contributed by atoms with Crippen LogP contribution in [0, 0.1) is 0 Å². The first-order valence-corrected chi connectivity index (χ1v) is 8.09. The molecule has 19 heavy (non-hydrogen) atoms. The molecule has 104 valence electrons. The number of aryl methyl sites for hydroxylation is 1. The molecule has 0 radical (unpaired) electrons. The fraction of sp³-hybridized carbons (Fsp3) is 0.733. The van der Waals surface area contributed by atoms with Gasteiger partial charge in [-0.1, -0.05) is 0 Å². The number of hydrogen-bond donors (Lipinski definition) is 0. The summed E-state index contributed by atoms with van der Waals surface area (Å²) in [5.74, 6) is 1.94. The second-order valence-electron chi connectivity index (χ2n) is 5.65. The van der Waals surface area contributed by atoms with E-state index in [1.165, 1.54) is 49.2 Å². The molecule has 0 spiro atoms. The van der Waals surface area contributed by atoms with Crippen LogP contribution in [0.3, 0.4) is 0 Å². The van der Waals surface area contributed by atoms with Gasteiger partial charge in [-0.05, 0) is 51.4 Å². The van der Waals surface area contributed by atoms with Crippen molar-refractivity contribution in [1.29, 1.82) is 0 Å². The van der Waals surface area contributed by atoms with E-state index in [4.69, 9.17) is 11.6 Å². The Bertz CT molecular complexity index is 431. The monoisotopic (exact) mass is 279 g/mol. The second kappa shape index (κ2) is 6.08. The molecule has 0 amide bonds. The standard InChI is InChI=1S/C15H22ClN3/c16-9-4-10-19(12-5-3-6-12)15-13-7-1-2-8-14(13)17-11-18-15/h11-12H,1-10H2. The first-order valence-electron chi connectivity index (χ1n) is 7.55. The number of anilines is 1. The molecule has 1 aromatic rings. The Morgan fingerprint density at radius 3 is 2.74 bits per heavy atom. The van der Waals surface area contributed by atoms with Gasteiger partial charge in [0.2, 0.25) is 0 Å². The summed E-state index contributed by atoms with van der Waals surface area (Å²) in [4.78, 5) is 11.6. The van der Waals surface area contributed by atoms with E-state index in [1.54, 1.807) is 6.33 Å². The van der Waals surface area contributed by atoms with Gasteiger partial charge in [0.1, 0.15) is 12.1 Å². The highest BCUT2D eigenvalue weighted by Gasteiger charge is 2.28. The molecular formula is C15H22ClN3. The maximum atomic E-state index is 5.88. The van der Waals surface area contributed by atoms with Gasteiger partial charge >= 0.3 is 0 Å². The minimum Gasteiger partial charge on any atom is -0.353 e. The summed E-state index contributed by atoms with van der Waals surface area (Å²) in [6, 6.07) is 0.684. The highest BCUT2D eigenvalue weighted by molar-refractivity contribution is 6.17. The average Bonchev–Trinajstić information content (AvgIpc) is 2.41. The van der Waals surface area contributed by atoms with Gasteiger partial charge < -0.3 is 4.90 Å². The number of fused-ring (bicyclic) bond motifs is 1. The molecule has 3 rings (SSSR count). The van der Waals surface area contributed by atoms with Gasteiger partial charge in [-0.25, -0.2) is 9.97 Å². The molecule has 0 bridgehead atoms. The largest absolute Gasteiger partial charge is 0.353 e. The van der Waals surface area contributed by atoms with E-state index in [0.717, 1.165) is 31.7 Å². The van der Waals surface area contributed by atoms with Crippen LogP contribution >= 0.6 is 11.6 Å². The molecule has 4 heteroatoms. The SMILES string of the molecule is ClCCCN(c1ncnc2c1CCCC2)C1CCC1. The molecule has 0 unspecified atom stereocenters. The zero-order valence-corrected chi connectivity index (χ0v) is 12.2. The van der Waals surface area contributed by atoms with E-state index in [9.17, 15) is 0 Å². The number of aromatic nitrogens is 2. The van der Waals surface area contributed by atoms with Crippen molar-refractivity contribution in [3.05, 3.63) is 17.6 Å². The van der Waals surface area contributed by atoms with E-state index < -0.39 is 0 Å². The first-order chi connectivity index (χ1) is 9.40. The van der Waals surface area contributed by atoms with Crippen molar-refractivity contribution >= 4 is 17.4 Å². The van der Waals surface area contributed by atoms with E-state index in [0.29, 0.717) is 6.04 Å². The molecule has 0 atom stereocenters. The Kier molecular flexibility index (Phi) is 4.21. The summed E-state index contributed by atoms with van der Waals surface area (Å²) in [6.45, 7) is 1.04. The van der Waals surface area contributed by atoms with Gasteiger partial charge in [-0.3, -0.25) is 0 Å². The Morgan fingerprint density at radius 2 is 2.00 bits per heavy atom. The summed E-state index contributed by atoms with van der Waals surface area (Å²) >= 11 is 5.88. The third-order valence-corrected chi connectivity index (χ3v) is 4.69. The Morgan fingerprint density at radius 1 is 1.16 bits per heavy atom. The van der Waals surface area contributed by atoms with Crippen LogP contribution in [-0.4, -0.2) is 28.4 Å². The van der Waals surface area contributed by atoms with Crippen LogP contribution in [0.15, 0.2) is 6.33 Å². The lowest BCUT2D eigenvalue weighted by Gasteiger charge is -2.40. The van der Waals surface area contributed by atoms with Crippen molar-refractivity contribution in [3.8, 4) is 0 Å². The van der Waals surface area contributed by atoms with Crippen LogP contribution in [0.4, 0.5) is 5.82 Å². The van der Waals surface area contributed by atoms with Gasteiger partial charge in [0.25, 0.3) is 0 Å². The minimum atomic E-state index is 0.684. The Labute approximate surface area is 120 Å². The lowest BCUT2D eigenvalue weighted by molar-refractivity contribution is 0.382. The van der Waals surface area contributed by atoms with Crippen LogP contribution in [0.25, 0.3) is 0 Å². The molecule has 2 aliphatic rings. The molecule has 2 aliphatic carbocycles. The molecule has 0 aromatic carbocycles. The van der Waals surface area contributed by atoms with Crippen LogP contribution in [0.5, 0.6) is 0 Å². The number of halogens is 1. The zero-order chi connectivity index (χ0) is 13.1. The van der Waals surface area contributed by atoms with Crippen molar-refractivity contribution < 1.29 is 0 Å². The molecule has 3 nitrogen and oxygen atoms in total. The smallest absolute Gasteiger partial charge is 0.135 e. The van der Waals surface area contributed by atoms with Crippen molar-refractivity contribution in [2.24, 2.45) is 0 Å². The normalized spacial score (nSPS) is 18.8. The minimum absolute atomic E-state index is 0.684. The average molecular weight is 280 g/mol. The van der Waals surface area contributed by atoms with Gasteiger partial charge in [0, 0.05) is 29.7 Å². The fourth-order valence-corrected chi connectivity index (χ4v) is 3.26. The van der Waals surface area contributed by atoms with Crippen LogP contribution in [0.1, 0.15) is 49.8 Å². The van der Waals surface area contributed by atoms with Gasteiger partial charge in [-0.15, -0.1) is 11.6 Å². The molecular weight excluding hydrogens is 258 g/mol. The highest BCUT2D eigenvalue weighted by Crippen LogP contribution is 2.33. The lowest BCUT2D eigenvalue weighted by Crippen LogP contribution is -2.42. The van der Waals surface area contributed by atoms with Crippen molar-refractivity contribution in [2.45, 2.75) is 57.4 Å². The van der Waals surface area contributed by atoms with E-state index in [1.807, 2.05) is 0 Å². The molecule has 1 saturated carbocycles. The molecule has 0 saturated heterocycles. The number of nitrogens with zero attached hydrogens (tertiary/aromatic N) is 3. The molecule has 1 heterocycles. The highest BCUT2D eigenvalue weighted by atomic mass is 35.5. The first kappa shape index (κ1) is 13.2. The van der Waals surface area contributed by atoms with Gasteiger partial charge in [0.15, 0.2) is 0 Å². The van der Waals surface area contributed by atoms with Crippen LogP contribution in [0.2, 0.25) is 0 Å². The van der Waals surface area contributed by atoms with Crippen molar-refractivity contribution in [2.75, 3.05) is 17.3 Å². The fourth-order valence-electron chi connectivity index (χ4n) is 3.14. The third-order valence-electron chi connectivity index (χ3n) is 4.42. The predicted octanol–water partition coefficient (Wildman–Crippen LogP) is 3.34. The Hall–Kier alpha value is -0.830. The number of rotatable bonds is 5. The summed E-state index contributed by atoms with van der Waals surface area (Å²) in [6.07, 6.45) is 11.6. The van der Waals surface area contributed by atoms with Crippen molar-refractivity contribution in [1.82, 2.24) is 9.97 Å². The van der Waals surface area contributed by atoms with Crippen molar-refractivity contribution in [3.63, 3.8) is 0 Å². The third kappa shape index (κ3) is 2.71. The lowest BCUT2D eigenvalue weighted by atomic mass is 9.90. The van der Waals surface area contributed by atoms with Gasteiger partial charge in [-0.2, -0.15) is 0 Å². The molecule has 0 N–H and O–H groups in total. The quantitative estimate of drug-likeness (QED) is 0.774. The predicted molar refractivity (Wildman–Crippen MR) is 79.0 cm³/mol. The van der Waals surface area contributed by atoms with Crippen LogP contribution < -0.4 is 4.90 Å².